The van der Waals surface area contributed by atoms with Gasteiger partial charge in [-0.15, -0.1) is 11.8 Å². The number of nitriles is 1. The molecule has 2 aliphatic carbocycles. The van der Waals surface area contributed by atoms with Gasteiger partial charge in [0.05, 0.1) is 11.6 Å². The Morgan fingerprint density at radius 1 is 1.07 bits per heavy atom. The van der Waals surface area contributed by atoms with Crippen LogP contribution in [-0.4, -0.2) is 6.26 Å². The predicted octanol–water partition coefficient (Wildman–Crippen LogP) is 3.38. The zero-order chi connectivity index (χ0) is 9.97. The van der Waals surface area contributed by atoms with Crippen molar-refractivity contribution in [3.63, 3.8) is 0 Å². The van der Waals surface area contributed by atoms with Gasteiger partial charge in [0.2, 0.25) is 0 Å². The molecule has 0 bridgehead atoms. The maximum absolute atomic E-state index is 8.97. The van der Waals surface area contributed by atoms with E-state index in [0.29, 0.717) is 0 Å². The number of thioether (sulfide) groups is 1. The normalized spacial score (nSPS) is 10.0. The molecule has 2 heteroatoms. The van der Waals surface area contributed by atoms with Gasteiger partial charge in [-0.1, -0.05) is 24.3 Å². The summed E-state index contributed by atoms with van der Waals surface area (Å²) >= 11 is 1.71. The van der Waals surface area contributed by atoms with Crippen LogP contribution in [0.15, 0.2) is 41.3 Å². The van der Waals surface area contributed by atoms with Crippen LogP contribution in [0.25, 0.3) is 11.1 Å². The second kappa shape index (κ2) is 3.73. The predicted molar refractivity (Wildman–Crippen MR) is 59.6 cm³/mol. The average molecular weight is 199 g/mol. The third-order valence-electron chi connectivity index (χ3n) is 2.22. The Morgan fingerprint density at radius 3 is 2.57 bits per heavy atom. The molecule has 14 heavy (non-hydrogen) atoms. The van der Waals surface area contributed by atoms with Crippen molar-refractivity contribution in [2.24, 2.45) is 0 Å². The second-order valence-electron chi connectivity index (χ2n) is 2.97. The molecule has 0 aromatic rings. The molecule has 0 saturated carbocycles. The van der Waals surface area contributed by atoms with Crippen molar-refractivity contribution in [1.29, 1.82) is 5.26 Å². The van der Waals surface area contributed by atoms with Gasteiger partial charge in [-0.05, 0) is 24.0 Å². The van der Waals surface area contributed by atoms with Crippen molar-refractivity contribution in [3.8, 4) is 17.2 Å². The lowest BCUT2D eigenvalue weighted by Crippen LogP contribution is -1.75. The van der Waals surface area contributed by atoms with Crippen LogP contribution in [0.5, 0.6) is 0 Å². The summed E-state index contributed by atoms with van der Waals surface area (Å²) in [4.78, 5) is 1.23. The Labute approximate surface area is 87.7 Å². The highest BCUT2D eigenvalue weighted by molar-refractivity contribution is 7.98. The third-order valence-corrected chi connectivity index (χ3v) is 3.02. The quantitative estimate of drug-likeness (QED) is 0.657. The van der Waals surface area contributed by atoms with E-state index in [0.717, 1.165) is 11.1 Å². The van der Waals surface area contributed by atoms with Crippen LogP contribution >= 0.6 is 11.8 Å². The van der Waals surface area contributed by atoms with E-state index < -0.39 is 0 Å². The van der Waals surface area contributed by atoms with Crippen molar-refractivity contribution in [2.45, 2.75) is 4.90 Å². The number of rotatable bonds is 1. The summed E-state index contributed by atoms with van der Waals surface area (Å²) in [7, 11) is 0. The van der Waals surface area contributed by atoms with E-state index in [1.807, 2.05) is 30.5 Å². The van der Waals surface area contributed by atoms with Crippen molar-refractivity contribution < 1.29 is 0 Å². The lowest BCUT2D eigenvalue weighted by Gasteiger charge is -1.97. The molecule has 1 nitrogen and oxygen atoms in total. The van der Waals surface area contributed by atoms with Crippen LogP contribution < -0.4 is 0 Å². The Hall–Kier alpha value is -1.46. The molecule has 0 N–H and O–H groups in total. The molecule has 0 fully saturated rings. The first-order valence-electron chi connectivity index (χ1n) is 4.32. The minimum atomic E-state index is 0.741. The summed E-state index contributed by atoms with van der Waals surface area (Å²) in [6.45, 7) is 0. The van der Waals surface area contributed by atoms with Crippen LogP contribution in [-0.2, 0) is 0 Å². The summed E-state index contributed by atoms with van der Waals surface area (Å²) in [6, 6.07) is 14.1. The zero-order valence-corrected chi connectivity index (χ0v) is 8.64. The highest BCUT2D eigenvalue weighted by atomic mass is 32.2. The number of nitrogens with zero attached hydrogens (tertiary/aromatic N) is 1. The molecule has 0 aromatic heterocycles. The lowest BCUT2D eigenvalue weighted by atomic mass is 10.1. The van der Waals surface area contributed by atoms with Gasteiger partial charge < -0.3 is 0 Å². The topological polar surface area (TPSA) is 23.8 Å². The summed E-state index contributed by atoms with van der Waals surface area (Å²) in [5, 5.41) is 8.97. The van der Waals surface area contributed by atoms with E-state index in [-0.39, 0.29) is 0 Å². The van der Waals surface area contributed by atoms with Crippen molar-refractivity contribution in [1.82, 2.24) is 0 Å². The summed E-state index contributed by atoms with van der Waals surface area (Å²) < 4.78 is 0. The van der Waals surface area contributed by atoms with Gasteiger partial charge >= 0.3 is 0 Å². The zero-order valence-electron chi connectivity index (χ0n) is 7.82. The van der Waals surface area contributed by atoms with Gasteiger partial charge in [-0.2, -0.15) is 5.26 Å². The van der Waals surface area contributed by atoms with E-state index in [4.69, 9.17) is 5.26 Å². The molecule has 0 heterocycles. The van der Waals surface area contributed by atoms with Gasteiger partial charge in [0.15, 0.2) is 0 Å². The maximum Gasteiger partial charge on any atom is 0.0998 e. The smallest absolute Gasteiger partial charge is 0.0998 e. The third kappa shape index (κ3) is 1.36. The lowest BCUT2D eigenvalue weighted by molar-refractivity contribution is 1.49. The molecule has 2 rings (SSSR count). The maximum atomic E-state index is 8.97. The minimum absolute atomic E-state index is 0.741. The van der Waals surface area contributed by atoms with Crippen LogP contribution in [0.1, 0.15) is 5.56 Å². The first kappa shape index (κ1) is 9.11. The van der Waals surface area contributed by atoms with Crippen molar-refractivity contribution in [3.05, 3.63) is 42.0 Å². The van der Waals surface area contributed by atoms with Crippen molar-refractivity contribution in [2.75, 3.05) is 6.26 Å². The summed E-state index contributed by atoms with van der Waals surface area (Å²) in [5.41, 5.74) is 2.95. The van der Waals surface area contributed by atoms with Gasteiger partial charge in [-0.3, -0.25) is 0 Å². The fraction of sp³-hybridized carbons (Fsp3) is 0.0833. The van der Waals surface area contributed by atoms with Gasteiger partial charge in [0, 0.05) is 10.5 Å². The molecule has 68 valence electrons. The number of hydrogen-bond donors (Lipinski definition) is 0. The van der Waals surface area contributed by atoms with Crippen LogP contribution in [0, 0.1) is 11.3 Å². The molecule has 0 aromatic carbocycles. The minimum Gasteiger partial charge on any atom is -0.192 e. The average Bonchev–Trinajstić information content (AvgIpc) is 2.51. The molecule has 0 aliphatic heterocycles. The van der Waals surface area contributed by atoms with Crippen LogP contribution in [0.2, 0.25) is 0 Å². The Bertz CT molecular complexity index is 470. The number of fused-ring (bicyclic) bond motifs is 1. The Morgan fingerprint density at radius 2 is 1.86 bits per heavy atom. The molecule has 2 aliphatic rings. The van der Waals surface area contributed by atoms with Crippen LogP contribution in [0.3, 0.4) is 0 Å². The van der Waals surface area contributed by atoms with Crippen molar-refractivity contribution >= 4 is 11.8 Å². The van der Waals surface area contributed by atoms with E-state index in [1.54, 1.807) is 11.8 Å². The fourth-order valence-electron chi connectivity index (χ4n) is 1.55. The van der Waals surface area contributed by atoms with E-state index in [2.05, 4.69) is 18.2 Å². The molecular weight excluding hydrogens is 190 g/mol. The SMILES string of the molecule is CSc1ccc2c(C#N)ccccc1-2. The van der Waals surface area contributed by atoms with E-state index >= 15 is 0 Å². The Balaban J connectivity index is 2.73. The first-order chi connectivity index (χ1) is 6.86. The molecular formula is C12H9NS. The second-order valence-corrected chi connectivity index (χ2v) is 3.82. The van der Waals surface area contributed by atoms with Gasteiger partial charge in [-0.25, -0.2) is 0 Å². The van der Waals surface area contributed by atoms with Gasteiger partial charge in [0.25, 0.3) is 0 Å². The van der Waals surface area contributed by atoms with Gasteiger partial charge in [0.1, 0.15) is 0 Å². The van der Waals surface area contributed by atoms with E-state index in [1.165, 1.54) is 10.5 Å². The largest absolute Gasteiger partial charge is 0.192 e. The standard InChI is InChI=1S/C12H9NS/c1-14-12-7-6-10-9(8-13)4-2-3-5-11(10)12/h2-7H,1H3. The Kier molecular flexibility index (Phi) is 2.43. The fourth-order valence-corrected chi connectivity index (χ4v) is 2.15. The molecule has 0 unspecified atom stereocenters. The summed E-state index contributed by atoms with van der Waals surface area (Å²) in [6.07, 6.45) is 2.05. The highest BCUT2D eigenvalue weighted by Gasteiger charge is 2.10. The molecule has 0 amide bonds. The van der Waals surface area contributed by atoms with Crippen LogP contribution in [0.4, 0.5) is 0 Å². The summed E-state index contributed by atoms with van der Waals surface area (Å²) in [5.74, 6) is 0. The number of hydrogen-bond acceptors (Lipinski definition) is 2. The molecule has 0 radical (unpaired) electrons. The van der Waals surface area contributed by atoms with E-state index in [9.17, 15) is 0 Å². The monoisotopic (exact) mass is 199 g/mol. The highest BCUT2D eigenvalue weighted by Crippen LogP contribution is 2.34. The molecule has 0 saturated heterocycles. The molecule has 0 spiro atoms. The molecule has 0 atom stereocenters. The first-order valence-corrected chi connectivity index (χ1v) is 5.55.